The number of rotatable bonds is 3. The molecule has 0 fully saturated rings. The molecule has 0 aliphatic heterocycles. The smallest absolute Gasteiger partial charge is 0.250 e. The summed E-state index contributed by atoms with van der Waals surface area (Å²) in [5, 5.41) is 9.74. The van der Waals surface area contributed by atoms with Crippen LogP contribution in [0.1, 0.15) is 19.5 Å². The highest BCUT2D eigenvalue weighted by Gasteiger charge is 2.10. The van der Waals surface area contributed by atoms with Crippen LogP contribution in [0.2, 0.25) is 0 Å². The van der Waals surface area contributed by atoms with Crippen LogP contribution in [0.4, 0.5) is 5.69 Å². The zero-order chi connectivity index (χ0) is 10.7. The van der Waals surface area contributed by atoms with Gasteiger partial charge in [-0.1, -0.05) is 0 Å². The molecule has 0 aliphatic carbocycles. The normalized spacial score (nSPS) is 10.2. The molecule has 0 bridgehead atoms. The predicted molar refractivity (Wildman–Crippen MR) is 57.0 cm³/mol. The molecular formula is C10H16N2O2. The Kier molecular flexibility index (Phi) is 3.17. The van der Waals surface area contributed by atoms with Gasteiger partial charge in [-0.3, -0.25) is 4.79 Å². The van der Waals surface area contributed by atoms with E-state index in [2.05, 4.69) is 4.98 Å². The summed E-state index contributed by atoms with van der Waals surface area (Å²) in [4.78, 5) is 15.7. The zero-order valence-electron chi connectivity index (χ0n) is 8.79. The standard InChI is InChI=1S/C10H16N2O2/c1-4-12(5-2)8-6-9(13)11-7(3)10(8)14/h6,14H,4-5H2,1-3H3,(H,11,13). The van der Waals surface area contributed by atoms with Crippen molar-refractivity contribution in [3.05, 3.63) is 22.1 Å². The van der Waals surface area contributed by atoms with Gasteiger partial charge < -0.3 is 15.0 Å². The van der Waals surface area contributed by atoms with E-state index in [4.69, 9.17) is 0 Å². The van der Waals surface area contributed by atoms with E-state index >= 15 is 0 Å². The van der Waals surface area contributed by atoms with Gasteiger partial charge in [-0.2, -0.15) is 0 Å². The van der Waals surface area contributed by atoms with E-state index < -0.39 is 0 Å². The summed E-state index contributed by atoms with van der Waals surface area (Å²) in [7, 11) is 0. The summed E-state index contributed by atoms with van der Waals surface area (Å²) in [5.41, 5.74) is 0.942. The topological polar surface area (TPSA) is 56.3 Å². The van der Waals surface area contributed by atoms with Crippen LogP contribution in [-0.2, 0) is 0 Å². The van der Waals surface area contributed by atoms with Crippen LogP contribution in [0, 0.1) is 6.92 Å². The van der Waals surface area contributed by atoms with Gasteiger partial charge in [0, 0.05) is 19.2 Å². The first kappa shape index (κ1) is 10.6. The van der Waals surface area contributed by atoms with Crippen LogP contribution in [0.3, 0.4) is 0 Å². The first-order chi connectivity index (χ1) is 6.60. The lowest BCUT2D eigenvalue weighted by Crippen LogP contribution is -2.24. The van der Waals surface area contributed by atoms with E-state index in [1.54, 1.807) is 6.92 Å². The lowest BCUT2D eigenvalue weighted by atomic mass is 10.2. The Labute approximate surface area is 83.2 Å². The fourth-order valence-corrected chi connectivity index (χ4v) is 1.47. The molecule has 0 aromatic carbocycles. The van der Waals surface area contributed by atoms with E-state index in [0.717, 1.165) is 13.1 Å². The van der Waals surface area contributed by atoms with Crippen LogP contribution in [0.25, 0.3) is 0 Å². The SMILES string of the molecule is CCN(CC)c1cc(=O)[nH]c(C)c1O. The second kappa shape index (κ2) is 4.17. The number of aromatic amines is 1. The van der Waals surface area contributed by atoms with Gasteiger partial charge in [0.25, 0.3) is 0 Å². The highest BCUT2D eigenvalue weighted by atomic mass is 16.3. The Bertz CT molecular complexity index is 367. The third-order valence-corrected chi connectivity index (χ3v) is 2.28. The van der Waals surface area contributed by atoms with Gasteiger partial charge in [0.2, 0.25) is 5.56 Å². The number of pyridine rings is 1. The van der Waals surface area contributed by atoms with E-state index in [1.165, 1.54) is 6.07 Å². The summed E-state index contributed by atoms with van der Waals surface area (Å²) in [6, 6.07) is 1.43. The number of hydrogen-bond donors (Lipinski definition) is 2. The average Bonchev–Trinajstić information content (AvgIpc) is 2.15. The van der Waals surface area contributed by atoms with Gasteiger partial charge in [-0.05, 0) is 20.8 Å². The highest BCUT2D eigenvalue weighted by Crippen LogP contribution is 2.26. The van der Waals surface area contributed by atoms with Crippen molar-refractivity contribution in [1.29, 1.82) is 0 Å². The number of anilines is 1. The quantitative estimate of drug-likeness (QED) is 0.764. The molecule has 4 heteroatoms. The van der Waals surface area contributed by atoms with Crippen molar-refractivity contribution >= 4 is 5.69 Å². The predicted octanol–water partition coefficient (Wildman–Crippen LogP) is 1.24. The molecule has 1 heterocycles. The fraction of sp³-hybridized carbons (Fsp3) is 0.500. The van der Waals surface area contributed by atoms with Crippen LogP contribution in [-0.4, -0.2) is 23.2 Å². The molecule has 2 N–H and O–H groups in total. The zero-order valence-corrected chi connectivity index (χ0v) is 8.79. The molecule has 4 nitrogen and oxygen atoms in total. The van der Waals surface area contributed by atoms with E-state index in [1.807, 2.05) is 18.7 Å². The maximum atomic E-state index is 11.2. The molecular weight excluding hydrogens is 180 g/mol. The molecule has 14 heavy (non-hydrogen) atoms. The number of nitrogens with zero attached hydrogens (tertiary/aromatic N) is 1. The number of nitrogens with one attached hydrogen (secondary N) is 1. The summed E-state index contributed by atoms with van der Waals surface area (Å²) in [6.45, 7) is 7.20. The van der Waals surface area contributed by atoms with Crippen molar-refractivity contribution in [2.24, 2.45) is 0 Å². The Balaban J connectivity index is 3.25. The lowest BCUT2D eigenvalue weighted by Gasteiger charge is -2.22. The van der Waals surface area contributed by atoms with Crippen LogP contribution >= 0.6 is 0 Å². The maximum absolute atomic E-state index is 11.2. The second-order valence-electron chi connectivity index (χ2n) is 3.16. The van der Waals surface area contributed by atoms with Gasteiger partial charge in [0.05, 0.1) is 11.4 Å². The van der Waals surface area contributed by atoms with E-state index in [0.29, 0.717) is 11.4 Å². The summed E-state index contributed by atoms with van der Waals surface area (Å²) in [6.07, 6.45) is 0. The van der Waals surface area contributed by atoms with Gasteiger partial charge in [0.1, 0.15) is 0 Å². The van der Waals surface area contributed by atoms with Crippen molar-refractivity contribution in [2.75, 3.05) is 18.0 Å². The lowest BCUT2D eigenvalue weighted by molar-refractivity contribution is 0.466. The van der Waals surface area contributed by atoms with Crippen LogP contribution in [0.15, 0.2) is 10.9 Å². The van der Waals surface area contributed by atoms with Crippen molar-refractivity contribution in [3.8, 4) is 5.75 Å². The van der Waals surface area contributed by atoms with Crippen molar-refractivity contribution < 1.29 is 5.11 Å². The van der Waals surface area contributed by atoms with Gasteiger partial charge in [0.15, 0.2) is 5.75 Å². The fourth-order valence-electron chi connectivity index (χ4n) is 1.47. The number of H-pyrrole nitrogens is 1. The van der Waals surface area contributed by atoms with Gasteiger partial charge >= 0.3 is 0 Å². The Morgan fingerprint density at radius 1 is 1.43 bits per heavy atom. The molecule has 0 atom stereocenters. The second-order valence-corrected chi connectivity index (χ2v) is 3.16. The minimum absolute atomic E-state index is 0.160. The monoisotopic (exact) mass is 196 g/mol. The Morgan fingerprint density at radius 2 is 2.00 bits per heavy atom. The molecule has 0 amide bonds. The van der Waals surface area contributed by atoms with Gasteiger partial charge in [-0.15, -0.1) is 0 Å². The molecule has 0 unspecified atom stereocenters. The minimum atomic E-state index is -0.179. The molecule has 1 aromatic heterocycles. The van der Waals surface area contributed by atoms with Crippen molar-refractivity contribution in [2.45, 2.75) is 20.8 Å². The number of aromatic nitrogens is 1. The number of aryl methyl sites for hydroxylation is 1. The molecule has 1 rings (SSSR count). The van der Waals surface area contributed by atoms with Crippen LogP contribution < -0.4 is 10.5 Å². The number of hydrogen-bond acceptors (Lipinski definition) is 3. The summed E-state index contributed by atoms with van der Waals surface area (Å²) in [5.74, 6) is 0.160. The largest absolute Gasteiger partial charge is 0.504 e. The molecule has 0 spiro atoms. The molecule has 0 saturated carbocycles. The Morgan fingerprint density at radius 3 is 2.50 bits per heavy atom. The van der Waals surface area contributed by atoms with E-state index in [-0.39, 0.29) is 11.3 Å². The summed E-state index contributed by atoms with van der Waals surface area (Å²) >= 11 is 0. The van der Waals surface area contributed by atoms with Crippen LogP contribution in [0.5, 0.6) is 5.75 Å². The molecule has 1 aromatic rings. The molecule has 0 saturated heterocycles. The molecule has 78 valence electrons. The number of aromatic hydroxyl groups is 1. The molecule has 0 aliphatic rings. The first-order valence-corrected chi connectivity index (χ1v) is 4.78. The minimum Gasteiger partial charge on any atom is -0.504 e. The Hall–Kier alpha value is -1.45. The average molecular weight is 196 g/mol. The molecule has 0 radical (unpaired) electrons. The van der Waals surface area contributed by atoms with Gasteiger partial charge in [-0.25, -0.2) is 0 Å². The van der Waals surface area contributed by atoms with Crippen molar-refractivity contribution in [3.63, 3.8) is 0 Å². The maximum Gasteiger partial charge on any atom is 0.250 e. The van der Waals surface area contributed by atoms with E-state index in [9.17, 15) is 9.90 Å². The van der Waals surface area contributed by atoms with Crippen molar-refractivity contribution in [1.82, 2.24) is 4.98 Å². The summed E-state index contributed by atoms with van der Waals surface area (Å²) < 4.78 is 0. The first-order valence-electron chi connectivity index (χ1n) is 4.78. The third kappa shape index (κ3) is 1.89. The highest BCUT2D eigenvalue weighted by molar-refractivity contribution is 5.58. The third-order valence-electron chi connectivity index (χ3n) is 2.28.